The summed E-state index contributed by atoms with van der Waals surface area (Å²) in [5.41, 5.74) is 2.37. The van der Waals surface area contributed by atoms with Crippen molar-refractivity contribution in [1.29, 1.82) is 0 Å². The zero-order valence-corrected chi connectivity index (χ0v) is 18.5. The predicted octanol–water partition coefficient (Wildman–Crippen LogP) is 2.97. The molecule has 1 aliphatic carbocycles. The molecule has 0 spiro atoms. The Hall–Kier alpha value is -1.61. The van der Waals surface area contributed by atoms with Crippen LogP contribution in [0.2, 0.25) is 0 Å². The Kier molecular flexibility index (Phi) is 9.06. The van der Waals surface area contributed by atoms with Crippen molar-refractivity contribution in [3.05, 3.63) is 48.3 Å². The Morgan fingerprint density at radius 1 is 1.33 bits per heavy atom. The second-order valence-corrected chi connectivity index (χ2v) is 6.78. The second-order valence-electron chi connectivity index (χ2n) is 6.78. The van der Waals surface area contributed by atoms with Gasteiger partial charge in [-0.3, -0.25) is 4.99 Å². The molecule has 0 amide bonds. The van der Waals surface area contributed by atoms with Crippen molar-refractivity contribution >= 4 is 29.9 Å². The summed E-state index contributed by atoms with van der Waals surface area (Å²) >= 11 is 0. The van der Waals surface area contributed by atoms with Gasteiger partial charge in [0.25, 0.3) is 0 Å². The lowest BCUT2D eigenvalue weighted by molar-refractivity contribution is 0.115. The summed E-state index contributed by atoms with van der Waals surface area (Å²) < 4.78 is 7.57. The van der Waals surface area contributed by atoms with E-state index in [0.717, 1.165) is 50.3 Å². The molecule has 3 rings (SSSR count). The maximum absolute atomic E-state index is 5.71. The van der Waals surface area contributed by atoms with Crippen LogP contribution in [0.25, 0.3) is 5.69 Å². The van der Waals surface area contributed by atoms with Crippen molar-refractivity contribution < 1.29 is 4.74 Å². The summed E-state index contributed by atoms with van der Waals surface area (Å²) in [4.78, 5) is 6.48. The first kappa shape index (κ1) is 21.7. The van der Waals surface area contributed by atoms with Crippen LogP contribution in [0.5, 0.6) is 0 Å². The molecule has 1 aromatic heterocycles. The van der Waals surface area contributed by atoms with Gasteiger partial charge in [-0.05, 0) is 48.9 Å². The molecule has 6 nitrogen and oxygen atoms in total. The highest BCUT2D eigenvalue weighted by Gasteiger charge is 2.21. The maximum atomic E-state index is 5.71. The summed E-state index contributed by atoms with van der Waals surface area (Å²) in [5, 5.41) is 7.67. The van der Waals surface area contributed by atoms with E-state index in [1.165, 1.54) is 18.4 Å². The first-order valence-corrected chi connectivity index (χ1v) is 9.35. The number of nitrogens with one attached hydrogen (secondary N) is 1. The smallest absolute Gasteiger partial charge is 0.193 e. The average Bonchev–Trinajstić information content (AvgIpc) is 3.33. The van der Waals surface area contributed by atoms with Crippen LogP contribution in [0, 0.1) is 5.92 Å². The Balaban J connectivity index is 0.00000261. The third kappa shape index (κ3) is 7.14. The molecule has 0 bridgehead atoms. The van der Waals surface area contributed by atoms with Gasteiger partial charge < -0.3 is 15.0 Å². The number of benzene rings is 1. The Bertz CT molecular complexity index is 683. The van der Waals surface area contributed by atoms with Crippen LogP contribution in [0.15, 0.2) is 47.7 Å². The largest absolute Gasteiger partial charge is 0.379 e. The Morgan fingerprint density at radius 2 is 2.11 bits per heavy atom. The number of nitrogens with zero attached hydrogens (tertiary/aromatic N) is 4. The van der Waals surface area contributed by atoms with Gasteiger partial charge in [0.05, 0.1) is 12.3 Å². The summed E-state index contributed by atoms with van der Waals surface area (Å²) in [6, 6.07) is 10.4. The average molecular weight is 483 g/mol. The molecule has 0 radical (unpaired) electrons. The SMILES string of the molecule is CN=C(NCCc1ccc(-n2cccn2)cc1)N(C)CCOCC1CC1.I. The number of halogens is 1. The molecule has 27 heavy (non-hydrogen) atoms. The Morgan fingerprint density at radius 3 is 2.74 bits per heavy atom. The summed E-state index contributed by atoms with van der Waals surface area (Å²) in [6.45, 7) is 3.36. The third-order valence-electron chi connectivity index (χ3n) is 4.60. The molecule has 148 valence electrons. The van der Waals surface area contributed by atoms with E-state index in [1.54, 1.807) is 6.20 Å². The Labute approximate surface area is 179 Å². The van der Waals surface area contributed by atoms with E-state index in [2.05, 4.69) is 51.6 Å². The summed E-state index contributed by atoms with van der Waals surface area (Å²) in [7, 11) is 3.87. The van der Waals surface area contributed by atoms with Gasteiger partial charge in [-0.15, -0.1) is 24.0 Å². The number of aromatic nitrogens is 2. The van der Waals surface area contributed by atoms with Gasteiger partial charge in [0, 0.05) is 46.2 Å². The lowest BCUT2D eigenvalue weighted by Gasteiger charge is -2.22. The van der Waals surface area contributed by atoms with Gasteiger partial charge in [-0.25, -0.2) is 4.68 Å². The number of rotatable bonds is 9. The minimum absolute atomic E-state index is 0. The van der Waals surface area contributed by atoms with E-state index in [0.29, 0.717) is 0 Å². The van der Waals surface area contributed by atoms with Crippen LogP contribution >= 0.6 is 24.0 Å². The topological polar surface area (TPSA) is 54.7 Å². The quantitative estimate of drug-likeness (QED) is 0.258. The van der Waals surface area contributed by atoms with Crippen LogP contribution < -0.4 is 5.32 Å². The fourth-order valence-electron chi connectivity index (χ4n) is 2.78. The predicted molar refractivity (Wildman–Crippen MR) is 120 cm³/mol. The van der Waals surface area contributed by atoms with Gasteiger partial charge in [-0.2, -0.15) is 5.10 Å². The van der Waals surface area contributed by atoms with Crippen molar-refractivity contribution in [2.24, 2.45) is 10.9 Å². The lowest BCUT2D eigenvalue weighted by Crippen LogP contribution is -2.41. The molecule has 0 unspecified atom stereocenters. The molecular formula is C20H30IN5O. The van der Waals surface area contributed by atoms with Crippen molar-refractivity contribution in [2.45, 2.75) is 19.3 Å². The zero-order chi connectivity index (χ0) is 18.2. The molecule has 1 fully saturated rings. The fourth-order valence-corrected chi connectivity index (χ4v) is 2.78. The summed E-state index contributed by atoms with van der Waals surface area (Å²) in [6.07, 6.45) is 7.36. The van der Waals surface area contributed by atoms with Gasteiger partial charge in [0.2, 0.25) is 0 Å². The zero-order valence-electron chi connectivity index (χ0n) is 16.2. The number of guanidine groups is 1. The molecule has 1 saturated carbocycles. The molecule has 1 aliphatic rings. The van der Waals surface area contributed by atoms with Crippen molar-refractivity contribution in [3.63, 3.8) is 0 Å². The molecule has 0 aliphatic heterocycles. The van der Waals surface area contributed by atoms with Gasteiger partial charge in [-0.1, -0.05) is 12.1 Å². The molecule has 7 heteroatoms. The standard InChI is InChI=1S/C20H29N5O.HI/c1-21-20(24(2)14-15-26-16-18-4-5-18)22-12-10-17-6-8-19(9-7-17)25-13-3-11-23-25;/h3,6-9,11,13,18H,4-5,10,12,14-16H2,1-2H3,(H,21,22);1H. The van der Waals surface area contributed by atoms with Crippen LogP contribution in [0.3, 0.4) is 0 Å². The minimum Gasteiger partial charge on any atom is -0.379 e. The number of hydrogen-bond acceptors (Lipinski definition) is 3. The normalized spacial score (nSPS) is 13.9. The van der Waals surface area contributed by atoms with E-state index in [1.807, 2.05) is 24.0 Å². The summed E-state index contributed by atoms with van der Waals surface area (Å²) in [5.74, 6) is 1.73. The molecule has 1 N–H and O–H groups in total. The molecular weight excluding hydrogens is 453 g/mol. The van der Waals surface area contributed by atoms with Gasteiger partial charge in [0.15, 0.2) is 5.96 Å². The van der Waals surface area contributed by atoms with E-state index in [9.17, 15) is 0 Å². The highest BCUT2D eigenvalue weighted by molar-refractivity contribution is 14.0. The van der Waals surface area contributed by atoms with Crippen molar-refractivity contribution in [3.8, 4) is 5.69 Å². The first-order valence-electron chi connectivity index (χ1n) is 9.35. The first-order chi connectivity index (χ1) is 12.8. The van der Waals surface area contributed by atoms with Crippen molar-refractivity contribution in [2.75, 3.05) is 40.4 Å². The highest BCUT2D eigenvalue weighted by Crippen LogP contribution is 2.28. The molecule has 1 heterocycles. The molecule has 0 atom stereocenters. The van der Waals surface area contributed by atoms with E-state index in [-0.39, 0.29) is 24.0 Å². The van der Waals surface area contributed by atoms with Crippen LogP contribution in [0.4, 0.5) is 0 Å². The van der Waals surface area contributed by atoms with Crippen molar-refractivity contribution in [1.82, 2.24) is 20.0 Å². The monoisotopic (exact) mass is 483 g/mol. The second kappa shape index (κ2) is 11.3. The fraction of sp³-hybridized carbons (Fsp3) is 0.500. The molecule has 1 aromatic carbocycles. The minimum atomic E-state index is 0. The van der Waals surface area contributed by atoms with E-state index >= 15 is 0 Å². The van der Waals surface area contributed by atoms with Crippen LogP contribution in [0.1, 0.15) is 18.4 Å². The molecule has 0 saturated heterocycles. The molecule has 2 aromatic rings. The van der Waals surface area contributed by atoms with Gasteiger partial charge >= 0.3 is 0 Å². The lowest BCUT2D eigenvalue weighted by atomic mass is 10.1. The van der Waals surface area contributed by atoms with Crippen LogP contribution in [-0.4, -0.2) is 61.0 Å². The third-order valence-corrected chi connectivity index (χ3v) is 4.60. The maximum Gasteiger partial charge on any atom is 0.193 e. The number of likely N-dealkylation sites (N-methyl/N-ethyl adjacent to an activating group) is 1. The highest BCUT2D eigenvalue weighted by atomic mass is 127. The number of aliphatic imine (C=N–C) groups is 1. The van der Waals surface area contributed by atoms with E-state index < -0.39 is 0 Å². The van der Waals surface area contributed by atoms with Gasteiger partial charge in [0.1, 0.15) is 0 Å². The van der Waals surface area contributed by atoms with E-state index in [4.69, 9.17) is 4.74 Å². The van der Waals surface area contributed by atoms with Crippen LogP contribution in [-0.2, 0) is 11.2 Å². The number of ether oxygens (including phenoxy) is 1. The number of hydrogen-bond donors (Lipinski definition) is 1.